The second-order valence-corrected chi connectivity index (χ2v) is 4.63. The zero-order valence-electron chi connectivity index (χ0n) is 12.1. The molecule has 2 N–H and O–H groups in total. The van der Waals surface area contributed by atoms with Crippen molar-refractivity contribution in [1.82, 2.24) is 14.6 Å². The fraction of sp³-hybridized carbons (Fsp3) is 0.0667. The van der Waals surface area contributed by atoms with Crippen LogP contribution >= 0.6 is 0 Å². The highest BCUT2D eigenvalue weighted by molar-refractivity contribution is 6.05. The topological polar surface area (TPSA) is 106 Å². The molecule has 8 nitrogen and oxygen atoms in total. The summed E-state index contributed by atoms with van der Waals surface area (Å²) in [5.74, 6) is -1.14. The van der Waals surface area contributed by atoms with Crippen LogP contribution < -0.4 is 10.1 Å². The summed E-state index contributed by atoms with van der Waals surface area (Å²) in [6.07, 6.45) is 3.16. The molecule has 3 rings (SSSR count). The standard InChI is InChI=1S/C15H12N4O4/c1-23-11-5-4-9(7-10(11)15(21)22)14(20)18-12-8-19-13(17-12)3-2-6-16-19/h2-8H,1H3,(H,18,20)(H,21,22). The molecular weight excluding hydrogens is 300 g/mol. The lowest BCUT2D eigenvalue weighted by Gasteiger charge is -2.07. The van der Waals surface area contributed by atoms with Crippen LogP contribution in [0.1, 0.15) is 20.7 Å². The Balaban J connectivity index is 1.88. The third-order valence-corrected chi connectivity index (χ3v) is 3.17. The number of aromatic nitrogens is 3. The van der Waals surface area contributed by atoms with Crippen molar-refractivity contribution in [2.45, 2.75) is 0 Å². The Morgan fingerprint density at radius 2 is 2.13 bits per heavy atom. The second-order valence-electron chi connectivity index (χ2n) is 4.63. The first kappa shape index (κ1) is 14.5. The molecule has 8 heteroatoms. The molecule has 2 aromatic heterocycles. The van der Waals surface area contributed by atoms with E-state index in [2.05, 4.69) is 15.4 Å². The van der Waals surface area contributed by atoms with E-state index < -0.39 is 11.9 Å². The Kier molecular flexibility index (Phi) is 3.63. The van der Waals surface area contributed by atoms with Crippen molar-refractivity contribution >= 4 is 23.3 Å². The molecule has 0 aliphatic carbocycles. The number of methoxy groups -OCH3 is 1. The van der Waals surface area contributed by atoms with Crippen molar-refractivity contribution in [3.05, 3.63) is 53.9 Å². The minimum Gasteiger partial charge on any atom is -0.496 e. The fourth-order valence-corrected chi connectivity index (χ4v) is 2.10. The van der Waals surface area contributed by atoms with Gasteiger partial charge in [-0.2, -0.15) is 5.10 Å². The van der Waals surface area contributed by atoms with Crippen molar-refractivity contribution < 1.29 is 19.4 Å². The minimum atomic E-state index is -1.17. The third-order valence-electron chi connectivity index (χ3n) is 3.17. The molecule has 23 heavy (non-hydrogen) atoms. The summed E-state index contributed by atoms with van der Waals surface area (Å²) < 4.78 is 6.48. The molecule has 0 saturated heterocycles. The van der Waals surface area contributed by atoms with Crippen molar-refractivity contribution in [3.63, 3.8) is 0 Å². The molecule has 0 fully saturated rings. The maximum Gasteiger partial charge on any atom is 0.339 e. The van der Waals surface area contributed by atoms with Gasteiger partial charge >= 0.3 is 5.97 Å². The number of aromatic carboxylic acids is 1. The molecule has 2 heterocycles. The van der Waals surface area contributed by atoms with Gasteiger partial charge in [-0.3, -0.25) is 4.79 Å². The maximum atomic E-state index is 12.3. The van der Waals surface area contributed by atoms with E-state index in [1.807, 2.05) is 0 Å². The number of hydrogen-bond donors (Lipinski definition) is 2. The van der Waals surface area contributed by atoms with Crippen LogP contribution in [-0.4, -0.2) is 38.7 Å². The zero-order valence-corrected chi connectivity index (χ0v) is 12.1. The zero-order chi connectivity index (χ0) is 16.4. The van der Waals surface area contributed by atoms with Gasteiger partial charge in [0, 0.05) is 11.8 Å². The van der Waals surface area contributed by atoms with E-state index >= 15 is 0 Å². The highest BCUT2D eigenvalue weighted by Gasteiger charge is 2.16. The summed E-state index contributed by atoms with van der Waals surface area (Å²) >= 11 is 0. The lowest BCUT2D eigenvalue weighted by molar-refractivity contribution is 0.0693. The summed E-state index contributed by atoms with van der Waals surface area (Å²) in [6.45, 7) is 0. The van der Waals surface area contributed by atoms with Gasteiger partial charge in [-0.05, 0) is 30.3 Å². The van der Waals surface area contributed by atoms with Crippen LogP contribution in [0.4, 0.5) is 5.82 Å². The first-order chi connectivity index (χ1) is 11.1. The van der Waals surface area contributed by atoms with Gasteiger partial charge in [0.05, 0.1) is 13.3 Å². The van der Waals surface area contributed by atoms with Gasteiger partial charge in [0.1, 0.15) is 11.3 Å². The minimum absolute atomic E-state index is 0.0863. The van der Waals surface area contributed by atoms with Crippen molar-refractivity contribution in [2.75, 3.05) is 12.4 Å². The number of benzene rings is 1. The molecule has 0 radical (unpaired) electrons. The number of rotatable bonds is 4. The molecule has 1 aromatic carbocycles. The summed E-state index contributed by atoms with van der Waals surface area (Å²) in [6, 6.07) is 7.65. The Morgan fingerprint density at radius 3 is 2.83 bits per heavy atom. The van der Waals surface area contributed by atoms with E-state index in [4.69, 9.17) is 9.84 Å². The van der Waals surface area contributed by atoms with Crippen LogP contribution in [0.5, 0.6) is 5.75 Å². The predicted octanol–water partition coefficient (Wildman–Crippen LogP) is 1.69. The third kappa shape index (κ3) is 2.82. The Morgan fingerprint density at radius 1 is 1.30 bits per heavy atom. The van der Waals surface area contributed by atoms with Crippen LogP contribution in [0, 0.1) is 0 Å². The molecule has 1 amide bonds. The average molecular weight is 312 g/mol. The van der Waals surface area contributed by atoms with Gasteiger partial charge in [0.2, 0.25) is 0 Å². The summed E-state index contributed by atoms with van der Waals surface area (Å²) in [5.41, 5.74) is 0.689. The number of carboxylic acid groups (broad SMARTS) is 1. The van der Waals surface area contributed by atoms with Crippen LogP contribution in [0.25, 0.3) is 5.65 Å². The quantitative estimate of drug-likeness (QED) is 0.759. The van der Waals surface area contributed by atoms with Gasteiger partial charge in [-0.1, -0.05) is 0 Å². The van der Waals surface area contributed by atoms with E-state index in [0.717, 1.165) is 0 Å². The second kappa shape index (κ2) is 5.76. The molecule has 0 aliphatic heterocycles. The number of carbonyl (C=O) groups is 2. The first-order valence-corrected chi connectivity index (χ1v) is 6.61. The van der Waals surface area contributed by atoms with Gasteiger partial charge in [0.15, 0.2) is 11.5 Å². The largest absolute Gasteiger partial charge is 0.496 e. The number of amides is 1. The van der Waals surface area contributed by atoms with E-state index in [9.17, 15) is 9.59 Å². The van der Waals surface area contributed by atoms with Gasteiger partial charge < -0.3 is 15.2 Å². The number of carboxylic acids is 1. The molecular formula is C15H12N4O4. The number of hydrogen-bond acceptors (Lipinski definition) is 5. The van der Waals surface area contributed by atoms with Crippen LogP contribution in [0.15, 0.2) is 42.7 Å². The lowest BCUT2D eigenvalue weighted by atomic mass is 10.1. The van der Waals surface area contributed by atoms with Crippen LogP contribution in [-0.2, 0) is 0 Å². The molecule has 3 aromatic rings. The fourth-order valence-electron chi connectivity index (χ4n) is 2.10. The normalized spacial score (nSPS) is 10.5. The predicted molar refractivity (Wildman–Crippen MR) is 80.9 cm³/mol. The van der Waals surface area contributed by atoms with Crippen LogP contribution in [0.3, 0.4) is 0 Å². The number of imidazole rings is 1. The number of nitrogens with one attached hydrogen (secondary N) is 1. The van der Waals surface area contributed by atoms with Crippen molar-refractivity contribution in [2.24, 2.45) is 0 Å². The van der Waals surface area contributed by atoms with Crippen LogP contribution in [0.2, 0.25) is 0 Å². The molecule has 116 valence electrons. The molecule has 0 spiro atoms. The van der Waals surface area contributed by atoms with Gasteiger partial charge in [-0.15, -0.1) is 0 Å². The molecule has 0 saturated carbocycles. The maximum absolute atomic E-state index is 12.3. The Labute approximate surface area is 130 Å². The van der Waals surface area contributed by atoms with E-state index in [1.54, 1.807) is 24.5 Å². The monoisotopic (exact) mass is 312 g/mol. The van der Waals surface area contributed by atoms with Gasteiger partial charge in [0.25, 0.3) is 5.91 Å². The Hall–Kier alpha value is -3.42. The molecule has 0 bridgehead atoms. The SMILES string of the molecule is COc1ccc(C(=O)Nc2cn3ncccc3n2)cc1C(=O)O. The van der Waals surface area contributed by atoms with E-state index in [1.165, 1.54) is 29.8 Å². The highest BCUT2D eigenvalue weighted by atomic mass is 16.5. The molecule has 0 atom stereocenters. The number of anilines is 1. The number of ether oxygens (including phenoxy) is 1. The lowest BCUT2D eigenvalue weighted by Crippen LogP contribution is -2.13. The van der Waals surface area contributed by atoms with E-state index in [-0.39, 0.29) is 16.9 Å². The molecule has 0 aliphatic rings. The number of fused-ring (bicyclic) bond motifs is 1. The summed E-state index contributed by atoms with van der Waals surface area (Å²) in [7, 11) is 1.37. The number of nitrogens with zero attached hydrogens (tertiary/aromatic N) is 3. The van der Waals surface area contributed by atoms with Gasteiger partial charge in [-0.25, -0.2) is 14.3 Å². The first-order valence-electron chi connectivity index (χ1n) is 6.61. The van der Waals surface area contributed by atoms with Crippen molar-refractivity contribution in [3.8, 4) is 5.75 Å². The summed E-state index contributed by atoms with van der Waals surface area (Å²) in [4.78, 5) is 27.6. The van der Waals surface area contributed by atoms with Crippen molar-refractivity contribution in [1.29, 1.82) is 0 Å². The number of carbonyl (C=O) groups excluding carboxylic acids is 1. The Bertz CT molecular complexity index is 870. The van der Waals surface area contributed by atoms with E-state index in [0.29, 0.717) is 11.5 Å². The summed E-state index contributed by atoms with van der Waals surface area (Å²) in [5, 5.41) is 15.8. The smallest absolute Gasteiger partial charge is 0.339 e. The average Bonchev–Trinajstić information content (AvgIpc) is 2.96. The molecule has 0 unspecified atom stereocenters. The highest BCUT2D eigenvalue weighted by Crippen LogP contribution is 2.20.